The second kappa shape index (κ2) is 12.4. The molecule has 1 aliphatic heterocycles. The molecule has 4 heteroatoms. The monoisotopic (exact) mass is 740 g/mol. The topological polar surface area (TPSA) is 21.7 Å². The fourth-order valence-electron chi connectivity index (χ4n) is 6.09. The van der Waals surface area contributed by atoms with Gasteiger partial charge in [-0.05, 0) is 51.4 Å². The predicted octanol–water partition coefficient (Wildman–Crippen LogP) is 8.94. The van der Waals surface area contributed by atoms with Gasteiger partial charge in [0.05, 0.1) is 16.7 Å². The van der Waals surface area contributed by atoms with Crippen molar-refractivity contribution in [1.29, 1.82) is 0 Å². The van der Waals surface area contributed by atoms with E-state index in [9.17, 15) is 0 Å². The second-order valence-electron chi connectivity index (χ2n) is 12.1. The third-order valence-corrected chi connectivity index (χ3v) is 8.30. The van der Waals surface area contributed by atoms with Crippen molar-refractivity contribution >= 4 is 11.0 Å². The number of rotatable bonds is 4. The standard InChI is InChI=1S/C28H29N2.C11H8N.Ir/c1-18(2)20-11-9-12-21(19(3)4)26(20)30-17-29-24-15-8-7-13-22(24)28(5,6)23-14-10-16-25(30)27(23)29;1-2-6-10(7-3-1)11-8-4-5-9-12-11;/h7-14,16,18-19H,1-6H3;1-6,8-9H;/q2*-1;+3. The number of fused-ring (bicyclic) bond motifs is 2. The molecule has 0 bridgehead atoms. The van der Waals surface area contributed by atoms with Gasteiger partial charge in [-0.1, -0.05) is 90.1 Å². The molecule has 216 valence electrons. The summed E-state index contributed by atoms with van der Waals surface area (Å²) in [6.45, 7) is 13.7. The molecule has 0 aliphatic carbocycles. The number of benzene rings is 4. The van der Waals surface area contributed by atoms with E-state index in [4.69, 9.17) is 0 Å². The molecule has 1 aliphatic rings. The minimum atomic E-state index is -0.0783. The molecule has 0 saturated carbocycles. The summed E-state index contributed by atoms with van der Waals surface area (Å²) < 4.78 is 4.53. The Bertz CT molecular complexity index is 1790. The van der Waals surface area contributed by atoms with Crippen LogP contribution in [0, 0.1) is 18.5 Å². The third kappa shape index (κ3) is 5.51. The van der Waals surface area contributed by atoms with Gasteiger partial charge in [0.15, 0.2) is 0 Å². The van der Waals surface area contributed by atoms with Gasteiger partial charge in [-0.3, -0.25) is 4.57 Å². The maximum atomic E-state index is 4.22. The Balaban J connectivity index is 0.000000238. The van der Waals surface area contributed by atoms with E-state index in [-0.39, 0.29) is 25.5 Å². The second-order valence-corrected chi connectivity index (χ2v) is 12.1. The molecule has 0 N–H and O–H groups in total. The van der Waals surface area contributed by atoms with Crippen LogP contribution in [0.3, 0.4) is 0 Å². The van der Waals surface area contributed by atoms with Crippen molar-refractivity contribution in [3.05, 3.63) is 144 Å². The normalized spacial score (nSPS) is 12.8. The summed E-state index contributed by atoms with van der Waals surface area (Å²) in [5.41, 5.74) is 12.1. The van der Waals surface area contributed by atoms with Crippen molar-refractivity contribution in [2.75, 3.05) is 0 Å². The van der Waals surface area contributed by atoms with E-state index in [0.717, 1.165) is 16.9 Å². The maximum absolute atomic E-state index is 4.22. The van der Waals surface area contributed by atoms with E-state index in [1.54, 1.807) is 6.20 Å². The Labute approximate surface area is 269 Å². The number of aromatic nitrogens is 3. The molecule has 2 aromatic heterocycles. The minimum absolute atomic E-state index is 0. The molecular formula is C39H37IrN3+. The van der Waals surface area contributed by atoms with Crippen LogP contribution in [0.4, 0.5) is 0 Å². The summed E-state index contributed by atoms with van der Waals surface area (Å²) in [7, 11) is 0. The number of para-hydroxylation sites is 3. The molecule has 0 spiro atoms. The Morgan fingerprint density at radius 2 is 1.40 bits per heavy atom. The molecule has 7 rings (SSSR count). The molecule has 3 heterocycles. The van der Waals surface area contributed by atoms with Gasteiger partial charge in [0, 0.05) is 6.20 Å². The molecule has 4 aromatic carbocycles. The maximum Gasteiger partial charge on any atom is 3.00 e. The fourth-order valence-corrected chi connectivity index (χ4v) is 6.09. The van der Waals surface area contributed by atoms with E-state index in [0.29, 0.717) is 11.8 Å². The zero-order chi connectivity index (χ0) is 29.4. The number of hydrogen-bond acceptors (Lipinski definition) is 1. The first kappa shape index (κ1) is 30.6. The zero-order valence-corrected chi connectivity index (χ0v) is 28.0. The Kier molecular flexibility index (Phi) is 8.83. The predicted molar refractivity (Wildman–Crippen MR) is 171 cm³/mol. The molecule has 0 amide bonds. The van der Waals surface area contributed by atoms with E-state index in [1.807, 2.05) is 48.5 Å². The molecule has 3 nitrogen and oxygen atoms in total. The van der Waals surface area contributed by atoms with Gasteiger partial charge in [-0.15, -0.1) is 41.5 Å². The van der Waals surface area contributed by atoms with E-state index in [1.165, 1.54) is 39.0 Å². The van der Waals surface area contributed by atoms with Crippen molar-refractivity contribution < 1.29 is 24.7 Å². The van der Waals surface area contributed by atoms with Crippen LogP contribution < -0.4 is 4.57 Å². The van der Waals surface area contributed by atoms with Gasteiger partial charge in [0.1, 0.15) is 0 Å². The van der Waals surface area contributed by atoms with Gasteiger partial charge in [-0.2, -0.15) is 24.3 Å². The molecule has 0 atom stereocenters. The SMILES string of the molecule is CC(C)c1cccc(C(C)C)c1-n1[c-][n+]2c3c(cccc31)C(C)(C)c1ccc[c-]c1-2.[Ir+3].[c-]1ccccc1-c1ccccn1. The smallest absolute Gasteiger partial charge is 0.314 e. The quantitative estimate of drug-likeness (QED) is 0.131. The zero-order valence-electron chi connectivity index (χ0n) is 25.6. The summed E-state index contributed by atoms with van der Waals surface area (Å²) in [4.78, 5) is 4.22. The van der Waals surface area contributed by atoms with Gasteiger partial charge in [0.2, 0.25) is 0 Å². The van der Waals surface area contributed by atoms with Gasteiger partial charge in [-0.25, -0.2) is 0 Å². The van der Waals surface area contributed by atoms with Crippen LogP contribution in [-0.4, -0.2) is 9.55 Å². The molecule has 6 aromatic rings. The van der Waals surface area contributed by atoms with Crippen molar-refractivity contribution in [2.45, 2.75) is 58.8 Å². The van der Waals surface area contributed by atoms with Crippen LogP contribution in [0.25, 0.3) is 33.7 Å². The average molecular weight is 740 g/mol. The van der Waals surface area contributed by atoms with Crippen LogP contribution in [0.1, 0.15) is 75.6 Å². The summed E-state index contributed by atoms with van der Waals surface area (Å²) in [6.07, 6.45) is 5.52. The number of nitrogens with zero attached hydrogens (tertiary/aromatic N) is 3. The Hall–Kier alpha value is -3.85. The summed E-state index contributed by atoms with van der Waals surface area (Å²) >= 11 is 0. The minimum Gasteiger partial charge on any atom is -0.314 e. The summed E-state index contributed by atoms with van der Waals surface area (Å²) in [5.74, 6) is 0.864. The first-order chi connectivity index (χ1) is 20.3. The van der Waals surface area contributed by atoms with Crippen molar-refractivity contribution in [2.24, 2.45) is 0 Å². The summed E-state index contributed by atoms with van der Waals surface area (Å²) in [6, 6.07) is 40.1. The molecule has 0 unspecified atom stereocenters. The molecule has 0 saturated heterocycles. The van der Waals surface area contributed by atoms with E-state index >= 15 is 0 Å². The average Bonchev–Trinajstić information content (AvgIpc) is 3.41. The molecule has 43 heavy (non-hydrogen) atoms. The van der Waals surface area contributed by atoms with Crippen LogP contribution in [0.5, 0.6) is 0 Å². The van der Waals surface area contributed by atoms with Crippen molar-refractivity contribution in [3.63, 3.8) is 0 Å². The van der Waals surface area contributed by atoms with E-state index in [2.05, 4.69) is 123 Å². The van der Waals surface area contributed by atoms with Crippen LogP contribution in [-0.2, 0) is 25.5 Å². The number of pyridine rings is 1. The van der Waals surface area contributed by atoms with Crippen LogP contribution in [0.15, 0.2) is 103 Å². The largest absolute Gasteiger partial charge is 3.00 e. The molecular weight excluding hydrogens is 703 g/mol. The first-order valence-corrected chi connectivity index (χ1v) is 14.8. The van der Waals surface area contributed by atoms with Crippen molar-refractivity contribution in [1.82, 2.24) is 9.55 Å². The molecule has 0 radical (unpaired) electrons. The fraction of sp³-hybridized carbons (Fsp3) is 0.231. The Morgan fingerprint density at radius 1 is 0.721 bits per heavy atom. The van der Waals surface area contributed by atoms with Crippen LogP contribution in [0.2, 0.25) is 0 Å². The molecule has 0 fully saturated rings. The van der Waals surface area contributed by atoms with Crippen LogP contribution >= 0.6 is 0 Å². The number of imidazole rings is 1. The Morgan fingerprint density at radius 3 is 2.05 bits per heavy atom. The number of hydrogen-bond donors (Lipinski definition) is 0. The van der Waals surface area contributed by atoms with Gasteiger partial charge < -0.3 is 9.55 Å². The third-order valence-electron chi connectivity index (χ3n) is 8.30. The van der Waals surface area contributed by atoms with E-state index < -0.39 is 0 Å². The van der Waals surface area contributed by atoms with Crippen molar-refractivity contribution in [3.8, 4) is 22.6 Å². The van der Waals surface area contributed by atoms with Gasteiger partial charge >= 0.3 is 20.1 Å². The first-order valence-electron chi connectivity index (χ1n) is 14.8. The summed E-state index contributed by atoms with van der Waals surface area (Å²) in [5, 5.41) is 0. The van der Waals surface area contributed by atoms with Gasteiger partial charge in [0.25, 0.3) is 6.33 Å².